The van der Waals surface area contributed by atoms with E-state index in [2.05, 4.69) is 25.4 Å². The third-order valence-corrected chi connectivity index (χ3v) is 3.36. The van der Waals surface area contributed by atoms with Crippen LogP contribution in [0.3, 0.4) is 0 Å². The number of hydrogen-bond acceptors (Lipinski definition) is 5. The van der Waals surface area contributed by atoms with Gasteiger partial charge in [-0.3, -0.25) is 4.40 Å². The van der Waals surface area contributed by atoms with Gasteiger partial charge in [0, 0.05) is 18.9 Å². The van der Waals surface area contributed by atoms with Gasteiger partial charge in [-0.25, -0.2) is 4.98 Å². The summed E-state index contributed by atoms with van der Waals surface area (Å²) in [6.07, 6.45) is 9.15. The number of aromatic nitrogens is 4. The molecule has 0 bridgehead atoms. The summed E-state index contributed by atoms with van der Waals surface area (Å²) in [6, 6.07) is 0. The van der Waals surface area contributed by atoms with E-state index in [1.165, 1.54) is 32.5 Å². The molecule has 0 spiro atoms. The summed E-state index contributed by atoms with van der Waals surface area (Å²) in [5.41, 5.74) is 0.790. The molecule has 1 aliphatic rings. The molecule has 6 heteroatoms. The van der Waals surface area contributed by atoms with Crippen LogP contribution in [0, 0.1) is 0 Å². The number of hydrogen-bond donors (Lipinski definition) is 1. The molecule has 1 aliphatic heterocycles. The van der Waals surface area contributed by atoms with Gasteiger partial charge in [-0.05, 0) is 38.9 Å². The molecule has 0 radical (unpaired) electrons. The van der Waals surface area contributed by atoms with Gasteiger partial charge in [0.2, 0.25) is 5.65 Å². The topological polar surface area (TPSA) is 58.4 Å². The average Bonchev–Trinajstić information content (AvgIpc) is 3.05. The summed E-state index contributed by atoms with van der Waals surface area (Å²) in [5.74, 6) is 0.816. The lowest BCUT2D eigenvalue weighted by Gasteiger charge is -2.14. The molecular formula is C12H18N6. The second-order valence-corrected chi connectivity index (χ2v) is 4.67. The molecule has 18 heavy (non-hydrogen) atoms. The van der Waals surface area contributed by atoms with Crippen LogP contribution < -0.4 is 5.32 Å². The molecule has 3 heterocycles. The van der Waals surface area contributed by atoms with Crippen LogP contribution in [-0.2, 0) is 0 Å². The van der Waals surface area contributed by atoms with Crippen molar-refractivity contribution in [3.8, 4) is 0 Å². The predicted octanol–water partition coefficient (Wildman–Crippen LogP) is 1.02. The Labute approximate surface area is 106 Å². The van der Waals surface area contributed by atoms with Crippen molar-refractivity contribution in [2.45, 2.75) is 19.3 Å². The quantitative estimate of drug-likeness (QED) is 0.798. The molecule has 0 aromatic carbocycles. The van der Waals surface area contributed by atoms with Gasteiger partial charge in [-0.1, -0.05) is 0 Å². The van der Waals surface area contributed by atoms with E-state index in [1.54, 1.807) is 12.5 Å². The Balaban J connectivity index is 1.51. The molecule has 96 valence electrons. The van der Waals surface area contributed by atoms with E-state index in [9.17, 15) is 0 Å². The van der Waals surface area contributed by atoms with Crippen LogP contribution in [0.1, 0.15) is 19.3 Å². The van der Waals surface area contributed by atoms with Crippen molar-refractivity contribution in [3.05, 3.63) is 18.7 Å². The van der Waals surface area contributed by atoms with Gasteiger partial charge in [0.05, 0.1) is 0 Å². The molecule has 3 rings (SSSR count). The maximum Gasteiger partial charge on any atom is 0.203 e. The van der Waals surface area contributed by atoms with E-state index in [0.717, 1.165) is 24.4 Å². The molecule has 1 saturated heterocycles. The van der Waals surface area contributed by atoms with Crippen LogP contribution in [0.2, 0.25) is 0 Å². The fourth-order valence-corrected chi connectivity index (χ4v) is 2.40. The number of rotatable bonds is 5. The maximum atomic E-state index is 4.30. The highest BCUT2D eigenvalue weighted by Crippen LogP contribution is 2.10. The van der Waals surface area contributed by atoms with E-state index < -0.39 is 0 Å². The van der Waals surface area contributed by atoms with Crippen LogP contribution in [-0.4, -0.2) is 50.7 Å². The first kappa shape index (κ1) is 11.4. The second kappa shape index (κ2) is 5.30. The van der Waals surface area contributed by atoms with Gasteiger partial charge < -0.3 is 10.2 Å². The molecular weight excluding hydrogens is 228 g/mol. The molecule has 0 unspecified atom stereocenters. The minimum atomic E-state index is 0.790. The normalized spacial score (nSPS) is 16.4. The van der Waals surface area contributed by atoms with Gasteiger partial charge in [0.1, 0.15) is 6.33 Å². The summed E-state index contributed by atoms with van der Waals surface area (Å²) in [6.45, 7) is 4.62. The van der Waals surface area contributed by atoms with Gasteiger partial charge in [-0.2, -0.15) is 0 Å². The van der Waals surface area contributed by atoms with Gasteiger partial charge in [0.25, 0.3) is 0 Å². The zero-order valence-electron chi connectivity index (χ0n) is 10.4. The molecule has 6 nitrogen and oxygen atoms in total. The molecule has 2 aromatic rings. The number of anilines is 1. The Bertz CT molecular complexity index is 502. The van der Waals surface area contributed by atoms with Crippen molar-refractivity contribution in [1.29, 1.82) is 0 Å². The third kappa shape index (κ3) is 2.43. The summed E-state index contributed by atoms with van der Waals surface area (Å²) in [4.78, 5) is 6.82. The predicted molar refractivity (Wildman–Crippen MR) is 69.6 cm³/mol. The lowest BCUT2D eigenvalue weighted by Crippen LogP contribution is -2.22. The van der Waals surface area contributed by atoms with Crippen LogP contribution in [0.5, 0.6) is 0 Å². The Morgan fingerprint density at radius 3 is 3.06 bits per heavy atom. The van der Waals surface area contributed by atoms with Crippen LogP contribution in [0.4, 0.5) is 5.82 Å². The Morgan fingerprint density at radius 1 is 1.28 bits per heavy atom. The number of nitrogens with one attached hydrogen (secondary N) is 1. The first-order valence-electron chi connectivity index (χ1n) is 6.54. The summed E-state index contributed by atoms with van der Waals surface area (Å²) >= 11 is 0. The minimum absolute atomic E-state index is 0.790. The fourth-order valence-electron chi connectivity index (χ4n) is 2.40. The molecule has 0 aliphatic carbocycles. The van der Waals surface area contributed by atoms with E-state index >= 15 is 0 Å². The van der Waals surface area contributed by atoms with Crippen molar-refractivity contribution in [2.24, 2.45) is 0 Å². The average molecular weight is 246 g/mol. The van der Waals surface area contributed by atoms with Crippen molar-refractivity contribution in [3.63, 3.8) is 0 Å². The Hall–Kier alpha value is -1.69. The van der Waals surface area contributed by atoms with Crippen LogP contribution in [0.15, 0.2) is 18.7 Å². The first-order chi connectivity index (χ1) is 8.93. The summed E-state index contributed by atoms with van der Waals surface area (Å²) in [7, 11) is 0. The van der Waals surface area contributed by atoms with Gasteiger partial charge in [0.15, 0.2) is 5.82 Å². The van der Waals surface area contributed by atoms with Crippen LogP contribution >= 0.6 is 0 Å². The largest absolute Gasteiger partial charge is 0.367 e. The van der Waals surface area contributed by atoms with Crippen molar-refractivity contribution in [1.82, 2.24) is 24.5 Å². The molecule has 0 saturated carbocycles. The highest BCUT2D eigenvalue weighted by atomic mass is 15.2. The third-order valence-electron chi connectivity index (χ3n) is 3.36. The monoisotopic (exact) mass is 246 g/mol. The molecule has 0 amide bonds. The van der Waals surface area contributed by atoms with E-state index in [-0.39, 0.29) is 0 Å². The molecule has 1 fully saturated rings. The van der Waals surface area contributed by atoms with Crippen LogP contribution in [0.25, 0.3) is 5.65 Å². The molecule has 2 aromatic heterocycles. The highest BCUT2D eigenvalue weighted by Gasteiger charge is 2.10. The summed E-state index contributed by atoms with van der Waals surface area (Å²) in [5, 5.41) is 11.3. The van der Waals surface area contributed by atoms with Crippen molar-refractivity contribution in [2.75, 3.05) is 31.5 Å². The maximum absolute atomic E-state index is 4.30. The summed E-state index contributed by atoms with van der Waals surface area (Å²) < 4.78 is 1.87. The number of nitrogens with zero attached hydrogens (tertiary/aromatic N) is 5. The zero-order valence-corrected chi connectivity index (χ0v) is 10.4. The van der Waals surface area contributed by atoms with Gasteiger partial charge in [-0.15, -0.1) is 10.2 Å². The highest BCUT2D eigenvalue weighted by molar-refractivity contribution is 5.61. The minimum Gasteiger partial charge on any atom is -0.367 e. The zero-order chi connectivity index (χ0) is 12.2. The van der Waals surface area contributed by atoms with E-state index in [0.29, 0.717) is 0 Å². The molecule has 1 N–H and O–H groups in total. The fraction of sp³-hybridized carbons (Fsp3) is 0.583. The molecule has 0 atom stereocenters. The lowest BCUT2D eigenvalue weighted by atomic mass is 10.4. The standard InChI is InChI=1S/C12H18N6/c1-2-7-17(6-1)8-3-4-13-11-12-16-15-10-18(12)9-5-14-11/h5,9-10H,1-4,6-8H2,(H,13,14). The first-order valence-corrected chi connectivity index (χ1v) is 6.54. The van der Waals surface area contributed by atoms with Crippen molar-refractivity contribution >= 4 is 11.5 Å². The van der Waals surface area contributed by atoms with Gasteiger partial charge >= 0.3 is 0 Å². The SMILES string of the molecule is c1cn2cnnc2c(NCCCN2CCCC2)n1. The smallest absolute Gasteiger partial charge is 0.203 e. The number of fused-ring (bicyclic) bond motifs is 1. The lowest BCUT2D eigenvalue weighted by molar-refractivity contribution is 0.337. The Morgan fingerprint density at radius 2 is 2.17 bits per heavy atom. The van der Waals surface area contributed by atoms with Crippen molar-refractivity contribution < 1.29 is 0 Å². The Kier molecular flexibility index (Phi) is 3.36. The second-order valence-electron chi connectivity index (χ2n) is 4.67. The number of likely N-dealkylation sites (tertiary alicyclic amines) is 1. The van der Waals surface area contributed by atoms with E-state index in [4.69, 9.17) is 0 Å². The van der Waals surface area contributed by atoms with E-state index in [1.807, 2.05) is 10.6 Å².